The maximum Gasteiger partial charge on any atom is 0.307 e. The van der Waals surface area contributed by atoms with Crippen LogP contribution in [0.1, 0.15) is 12.5 Å². The average Bonchev–Trinajstić information content (AvgIpc) is 2.84. The second kappa shape index (κ2) is 5.60. The van der Waals surface area contributed by atoms with Crippen LogP contribution in [0.5, 0.6) is 5.75 Å². The van der Waals surface area contributed by atoms with Gasteiger partial charge in [-0.3, -0.25) is 14.6 Å². The van der Waals surface area contributed by atoms with Crippen LogP contribution in [0.4, 0.5) is 5.69 Å². The van der Waals surface area contributed by atoms with Gasteiger partial charge in [0.25, 0.3) is 0 Å². The van der Waals surface area contributed by atoms with Gasteiger partial charge in [0.15, 0.2) is 0 Å². The number of benzene rings is 1. The number of aliphatic carboxylic acids is 1. The van der Waals surface area contributed by atoms with Gasteiger partial charge in [-0.05, 0) is 18.6 Å². The molecule has 3 N–H and O–H groups in total. The molecule has 1 amide bonds. The van der Waals surface area contributed by atoms with Crippen LogP contribution < -0.4 is 5.32 Å². The predicted molar refractivity (Wildman–Crippen MR) is 85.6 cm³/mol. The standard InChI is InChI=1S/C16H15N3O4/c1-2-19-10-4-3-9(5-13(22)23)16(18-8-20)15(10)14-11(19)6-17-7-12(14)21/h3-4,6-8,21H,2,5H2,1H3,(H,18,20)(H,22,23). The fraction of sp³-hybridized carbons (Fsp3) is 0.188. The summed E-state index contributed by atoms with van der Waals surface area (Å²) < 4.78 is 1.96. The predicted octanol–water partition coefficient (Wildman–Crippen LogP) is 2.11. The number of pyridine rings is 1. The highest BCUT2D eigenvalue weighted by Crippen LogP contribution is 2.40. The van der Waals surface area contributed by atoms with Gasteiger partial charge in [-0.1, -0.05) is 6.07 Å². The number of carboxylic acids is 1. The lowest BCUT2D eigenvalue weighted by Gasteiger charge is -2.10. The molecule has 0 fully saturated rings. The number of carbonyl (C=O) groups excluding carboxylic acids is 1. The molecule has 7 heteroatoms. The molecular weight excluding hydrogens is 298 g/mol. The van der Waals surface area contributed by atoms with Crippen LogP contribution >= 0.6 is 0 Å². The Hall–Kier alpha value is -3.09. The van der Waals surface area contributed by atoms with E-state index in [9.17, 15) is 14.7 Å². The van der Waals surface area contributed by atoms with Crippen LogP contribution in [0.25, 0.3) is 21.8 Å². The lowest BCUT2D eigenvalue weighted by molar-refractivity contribution is -0.136. The van der Waals surface area contributed by atoms with Crippen molar-refractivity contribution in [3.8, 4) is 5.75 Å². The number of hydrogen-bond acceptors (Lipinski definition) is 4. The van der Waals surface area contributed by atoms with Crippen LogP contribution in [0.15, 0.2) is 24.5 Å². The zero-order valence-corrected chi connectivity index (χ0v) is 12.4. The molecule has 3 aromatic rings. The molecule has 2 heterocycles. The number of nitrogens with zero attached hydrogens (tertiary/aromatic N) is 2. The van der Waals surface area contributed by atoms with Crippen LogP contribution in [0.2, 0.25) is 0 Å². The number of aryl methyl sites for hydroxylation is 1. The monoisotopic (exact) mass is 313 g/mol. The van der Waals surface area contributed by atoms with E-state index in [1.807, 2.05) is 11.5 Å². The van der Waals surface area contributed by atoms with Gasteiger partial charge in [-0.15, -0.1) is 0 Å². The zero-order valence-electron chi connectivity index (χ0n) is 12.4. The minimum Gasteiger partial charge on any atom is -0.506 e. The maximum absolute atomic E-state index is 11.1. The number of nitrogens with one attached hydrogen (secondary N) is 1. The summed E-state index contributed by atoms with van der Waals surface area (Å²) in [5.74, 6) is -1.01. The first-order valence-electron chi connectivity index (χ1n) is 7.11. The lowest BCUT2D eigenvalue weighted by Crippen LogP contribution is -2.06. The topological polar surface area (TPSA) is 104 Å². The zero-order chi connectivity index (χ0) is 16.6. The maximum atomic E-state index is 11.1. The molecule has 1 aromatic carbocycles. The van der Waals surface area contributed by atoms with Crippen molar-refractivity contribution in [2.24, 2.45) is 0 Å². The Labute approximate surface area is 131 Å². The van der Waals surface area contributed by atoms with Gasteiger partial charge in [0, 0.05) is 11.9 Å². The van der Waals surface area contributed by atoms with E-state index in [0.29, 0.717) is 35.0 Å². The summed E-state index contributed by atoms with van der Waals surface area (Å²) >= 11 is 0. The van der Waals surface area contributed by atoms with E-state index in [1.165, 1.54) is 6.20 Å². The molecule has 3 rings (SSSR count). The van der Waals surface area contributed by atoms with E-state index < -0.39 is 5.97 Å². The Kier molecular flexibility index (Phi) is 3.61. The van der Waals surface area contributed by atoms with Crippen molar-refractivity contribution in [1.29, 1.82) is 0 Å². The summed E-state index contributed by atoms with van der Waals surface area (Å²) in [5.41, 5.74) is 2.40. The Morgan fingerprint density at radius 1 is 1.30 bits per heavy atom. The highest BCUT2D eigenvalue weighted by atomic mass is 16.4. The highest BCUT2D eigenvalue weighted by molar-refractivity contribution is 6.18. The van der Waals surface area contributed by atoms with Crippen LogP contribution in [-0.4, -0.2) is 32.1 Å². The van der Waals surface area contributed by atoms with Crippen LogP contribution in [-0.2, 0) is 22.6 Å². The third kappa shape index (κ3) is 2.26. The third-order valence-corrected chi connectivity index (χ3v) is 3.87. The number of amides is 1. The normalized spacial score (nSPS) is 11.0. The molecule has 0 aliphatic carbocycles. The average molecular weight is 313 g/mol. The highest BCUT2D eigenvalue weighted by Gasteiger charge is 2.19. The van der Waals surface area contributed by atoms with E-state index in [4.69, 9.17) is 5.11 Å². The smallest absolute Gasteiger partial charge is 0.307 e. The molecule has 0 bridgehead atoms. The first kappa shape index (κ1) is 14.8. The number of aromatic nitrogens is 2. The van der Waals surface area contributed by atoms with Crippen molar-refractivity contribution >= 4 is 39.9 Å². The molecule has 0 saturated heterocycles. The molecule has 0 radical (unpaired) electrons. The van der Waals surface area contributed by atoms with Gasteiger partial charge in [-0.25, -0.2) is 0 Å². The molecular formula is C16H15N3O4. The van der Waals surface area contributed by atoms with Gasteiger partial charge < -0.3 is 20.1 Å². The minimum absolute atomic E-state index is 0.0128. The van der Waals surface area contributed by atoms with Crippen molar-refractivity contribution in [3.63, 3.8) is 0 Å². The van der Waals surface area contributed by atoms with Gasteiger partial charge in [-0.2, -0.15) is 0 Å². The molecule has 7 nitrogen and oxygen atoms in total. The summed E-state index contributed by atoms with van der Waals surface area (Å²) in [7, 11) is 0. The number of carbonyl (C=O) groups is 2. The summed E-state index contributed by atoms with van der Waals surface area (Å²) in [6.45, 7) is 2.60. The summed E-state index contributed by atoms with van der Waals surface area (Å²) in [5, 5.41) is 23.1. The number of rotatable bonds is 5. The van der Waals surface area contributed by atoms with Crippen molar-refractivity contribution in [2.75, 3.05) is 5.32 Å². The van der Waals surface area contributed by atoms with Crippen LogP contribution in [0, 0.1) is 0 Å². The lowest BCUT2D eigenvalue weighted by atomic mass is 10.0. The van der Waals surface area contributed by atoms with E-state index in [0.717, 1.165) is 11.0 Å². The first-order chi connectivity index (χ1) is 11.1. The largest absolute Gasteiger partial charge is 0.506 e. The molecule has 0 saturated carbocycles. The number of anilines is 1. The van der Waals surface area contributed by atoms with E-state index in [1.54, 1.807) is 18.3 Å². The van der Waals surface area contributed by atoms with Gasteiger partial charge in [0.1, 0.15) is 5.75 Å². The second-order valence-electron chi connectivity index (χ2n) is 5.12. The van der Waals surface area contributed by atoms with Crippen molar-refractivity contribution < 1.29 is 19.8 Å². The molecule has 23 heavy (non-hydrogen) atoms. The van der Waals surface area contributed by atoms with E-state index in [-0.39, 0.29) is 12.2 Å². The third-order valence-electron chi connectivity index (χ3n) is 3.87. The molecule has 0 aliphatic heterocycles. The quantitative estimate of drug-likeness (QED) is 0.626. The van der Waals surface area contributed by atoms with Crippen molar-refractivity contribution in [2.45, 2.75) is 19.9 Å². The summed E-state index contributed by atoms with van der Waals surface area (Å²) in [4.78, 5) is 26.1. The Morgan fingerprint density at radius 3 is 2.74 bits per heavy atom. The van der Waals surface area contributed by atoms with Gasteiger partial charge >= 0.3 is 5.97 Å². The van der Waals surface area contributed by atoms with E-state index >= 15 is 0 Å². The summed E-state index contributed by atoms with van der Waals surface area (Å²) in [6, 6.07) is 3.48. The molecule has 0 spiro atoms. The molecule has 0 aliphatic rings. The molecule has 118 valence electrons. The minimum atomic E-state index is -0.997. The fourth-order valence-electron chi connectivity index (χ4n) is 3.02. The molecule has 0 atom stereocenters. The van der Waals surface area contributed by atoms with Crippen molar-refractivity contribution in [3.05, 3.63) is 30.1 Å². The Balaban J connectivity index is 2.50. The molecule has 2 aromatic heterocycles. The SMILES string of the molecule is CCn1c2cncc(O)c2c2c(NC=O)c(CC(=O)O)ccc21. The Bertz CT molecular complexity index is 930. The first-order valence-corrected chi connectivity index (χ1v) is 7.11. The van der Waals surface area contributed by atoms with Gasteiger partial charge in [0.2, 0.25) is 6.41 Å². The van der Waals surface area contributed by atoms with Crippen molar-refractivity contribution in [1.82, 2.24) is 9.55 Å². The van der Waals surface area contributed by atoms with Gasteiger partial charge in [0.05, 0.1) is 40.9 Å². The number of carboxylic acid groups (broad SMARTS) is 1. The number of hydrogen-bond donors (Lipinski definition) is 3. The second-order valence-corrected chi connectivity index (χ2v) is 5.12. The summed E-state index contributed by atoms with van der Waals surface area (Å²) in [6.07, 6.45) is 3.25. The Morgan fingerprint density at radius 2 is 2.09 bits per heavy atom. The molecule has 0 unspecified atom stereocenters. The fourth-order valence-corrected chi connectivity index (χ4v) is 3.02. The number of fused-ring (bicyclic) bond motifs is 3. The number of aromatic hydroxyl groups is 1. The van der Waals surface area contributed by atoms with E-state index in [2.05, 4.69) is 10.3 Å². The van der Waals surface area contributed by atoms with Crippen LogP contribution in [0.3, 0.4) is 0 Å².